The molecule has 0 rings (SSSR count). The maximum absolute atomic E-state index is 11.3. The van der Waals surface area contributed by atoms with Gasteiger partial charge < -0.3 is 28.8 Å². The number of hydrogen-bond acceptors (Lipinski definition) is 8. The van der Waals surface area contributed by atoms with Crippen LogP contribution in [0.3, 0.4) is 0 Å². The minimum atomic E-state index is -1.55. The number of ketones is 1. The third-order valence-corrected chi connectivity index (χ3v) is 4.34. The first-order valence-corrected chi connectivity index (χ1v) is 11.4. The molecule has 0 heterocycles. The quantitative estimate of drug-likeness (QED) is 0.0735. The summed E-state index contributed by atoms with van der Waals surface area (Å²) in [5.41, 5.74) is 0. The van der Waals surface area contributed by atoms with Crippen LogP contribution >= 0.6 is 22.6 Å². The largest absolute Gasteiger partial charge is 0.476 e. The second-order valence-corrected chi connectivity index (χ2v) is 7.08. The maximum Gasteiger partial charge on any atom is 0.372 e. The Morgan fingerprint density at radius 2 is 1.10 bits per heavy atom. The number of hydrogen-bond donors (Lipinski definition) is 1. The van der Waals surface area contributed by atoms with E-state index in [4.69, 9.17) is 28.8 Å². The molecule has 9 nitrogen and oxygen atoms in total. The van der Waals surface area contributed by atoms with Crippen molar-refractivity contribution in [2.75, 3.05) is 63.9 Å². The monoisotopic (exact) mass is 532 g/mol. The number of alkyl halides is 1. The molecule has 0 saturated heterocycles. The summed E-state index contributed by atoms with van der Waals surface area (Å²) in [5.74, 6) is -3.19. The average molecular weight is 532 g/mol. The average Bonchev–Trinajstić information content (AvgIpc) is 2.71. The van der Waals surface area contributed by atoms with Gasteiger partial charge in [-0.3, -0.25) is 9.59 Å². The number of carboxylic acids is 1. The Morgan fingerprint density at radius 1 is 0.621 bits per heavy atom. The van der Waals surface area contributed by atoms with Crippen LogP contribution in [0.4, 0.5) is 0 Å². The van der Waals surface area contributed by atoms with Crippen molar-refractivity contribution < 1.29 is 43.2 Å². The van der Waals surface area contributed by atoms with Gasteiger partial charge in [-0.25, -0.2) is 4.79 Å². The van der Waals surface area contributed by atoms with Crippen molar-refractivity contribution in [3.8, 4) is 0 Å². The van der Waals surface area contributed by atoms with Gasteiger partial charge >= 0.3 is 11.9 Å². The molecule has 0 aliphatic carbocycles. The molecular weight excluding hydrogens is 499 g/mol. The van der Waals surface area contributed by atoms with Gasteiger partial charge in [-0.15, -0.1) is 0 Å². The highest BCUT2D eigenvalue weighted by atomic mass is 127. The lowest BCUT2D eigenvalue weighted by Crippen LogP contribution is -2.17. The first-order chi connectivity index (χ1) is 14.1. The zero-order valence-electron chi connectivity index (χ0n) is 16.9. The maximum atomic E-state index is 11.3. The van der Waals surface area contributed by atoms with Crippen molar-refractivity contribution in [3.05, 3.63) is 0 Å². The molecule has 0 unspecified atom stereocenters. The molecule has 0 spiro atoms. The van der Waals surface area contributed by atoms with Crippen LogP contribution in [0.2, 0.25) is 0 Å². The smallest absolute Gasteiger partial charge is 0.372 e. The summed E-state index contributed by atoms with van der Waals surface area (Å²) >= 11 is 2.39. The molecule has 10 heteroatoms. The van der Waals surface area contributed by atoms with Crippen LogP contribution in [-0.2, 0) is 38.1 Å². The van der Waals surface area contributed by atoms with Gasteiger partial charge in [0, 0.05) is 13.0 Å². The Balaban J connectivity index is 3.17. The summed E-state index contributed by atoms with van der Waals surface area (Å²) in [7, 11) is 0. The Kier molecular flexibility index (Phi) is 21.3. The molecule has 0 aliphatic rings. The van der Waals surface area contributed by atoms with E-state index in [0.717, 1.165) is 13.0 Å². The predicted molar refractivity (Wildman–Crippen MR) is 113 cm³/mol. The third kappa shape index (κ3) is 21.7. The summed E-state index contributed by atoms with van der Waals surface area (Å²) in [6, 6.07) is 0. The van der Waals surface area contributed by atoms with Crippen LogP contribution in [0, 0.1) is 0 Å². The van der Waals surface area contributed by atoms with E-state index >= 15 is 0 Å². The number of ether oxygens (including phenoxy) is 5. The molecule has 0 bridgehead atoms. The molecule has 0 atom stereocenters. The minimum Gasteiger partial charge on any atom is -0.476 e. The number of carbonyl (C=O) groups is 3. The summed E-state index contributed by atoms with van der Waals surface area (Å²) in [4.78, 5) is 32.4. The number of halogens is 1. The molecule has 0 amide bonds. The topological polar surface area (TPSA) is 118 Å². The molecule has 0 saturated carbocycles. The third-order valence-electron chi connectivity index (χ3n) is 3.57. The number of rotatable bonds is 22. The summed E-state index contributed by atoms with van der Waals surface area (Å²) < 4.78 is 27.5. The van der Waals surface area contributed by atoms with Gasteiger partial charge in [-0.2, -0.15) is 0 Å². The van der Waals surface area contributed by atoms with Crippen LogP contribution < -0.4 is 0 Å². The van der Waals surface area contributed by atoms with Crippen LogP contribution in [-0.4, -0.2) is 86.7 Å². The fraction of sp³-hybridized carbons (Fsp3) is 0.842. The van der Waals surface area contributed by atoms with Crippen molar-refractivity contribution in [3.63, 3.8) is 0 Å². The van der Waals surface area contributed by atoms with Gasteiger partial charge in [-0.05, 0) is 17.3 Å². The van der Waals surface area contributed by atoms with Gasteiger partial charge in [0.1, 0.15) is 6.61 Å². The van der Waals surface area contributed by atoms with E-state index in [9.17, 15) is 14.4 Å². The molecule has 0 aromatic rings. The molecule has 0 fully saturated rings. The first-order valence-electron chi connectivity index (χ1n) is 9.86. The summed E-state index contributed by atoms with van der Waals surface area (Å²) in [6.45, 7) is 3.89. The van der Waals surface area contributed by atoms with E-state index in [0.29, 0.717) is 39.6 Å². The fourth-order valence-corrected chi connectivity index (χ4v) is 2.56. The molecule has 0 aliphatic heterocycles. The number of carboxylic acid groups (broad SMARTS) is 1. The number of carbonyl (C=O) groups excluding carboxylic acids is 2. The first kappa shape index (κ1) is 28.2. The lowest BCUT2D eigenvalue weighted by molar-refractivity contribution is -0.151. The van der Waals surface area contributed by atoms with E-state index < -0.39 is 17.7 Å². The van der Waals surface area contributed by atoms with Crippen molar-refractivity contribution in [1.29, 1.82) is 0 Å². The van der Waals surface area contributed by atoms with Crippen LogP contribution in [0.25, 0.3) is 0 Å². The predicted octanol–water partition coefficient (Wildman–Crippen LogP) is 2.03. The Morgan fingerprint density at radius 3 is 1.62 bits per heavy atom. The number of aliphatic carboxylic acids is 1. The lowest BCUT2D eigenvalue weighted by Gasteiger charge is -2.08. The van der Waals surface area contributed by atoms with Crippen LogP contribution in [0.1, 0.15) is 38.5 Å². The van der Waals surface area contributed by atoms with Gasteiger partial charge in [0.2, 0.25) is 5.78 Å². The van der Waals surface area contributed by atoms with E-state index in [2.05, 4.69) is 22.6 Å². The van der Waals surface area contributed by atoms with Crippen LogP contribution in [0.15, 0.2) is 0 Å². The molecule has 170 valence electrons. The van der Waals surface area contributed by atoms with Crippen molar-refractivity contribution in [1.82, 2.24) is 0 Å². The van der Waals surface area contributed by atoms with Gasteiger partial charge in [0.25, 0.3) is 0 Å². The van der Waals surface area contributed by atoms with E-state index in [1.807, 2.05) is 0 Å². The molecule has 0 aromatic carbocycles. The molecule has 0 aromatic heterocycles. The fourth-order valence-electron chi connectivity index (χ4n) is 2.02. The Hall–Kier alpha value is -0.820. The Labute approximate surface area is 185 Å². The van der Waals surface area contributed by atoms with Gasteiger partial charge in [0.05, 0.1) is 52.7 Å². The second kappa shape index (κ2) is 21.9. The highest BCUT2D eigenvalue weighted by molar-refractivity contribution is 14.1. The zero-order chi connectivity index (χ0) is 21.6. The minimum absolute atomic E-state index is 0.0431. The summed E-state index contributed by atoms with van der Waals surface area (Å²) in [5, 5.41) is 8.39. The molecule has 29 heavy (non-hydrogen) atoms. The van der Waals surface area contributed by atoms with Gasteiger partial charge in [-0.1, -0.05) is 35.4 Å². The van der Waals surface area contributed by atoms with E-state index in [1.165, 1.54) is 23.7 Å². The molecular formula is C19H33IO9. The normalized spacial score (nSPS) is 10.8. The standard InChI is InChI=1S/C19H33IO9/c20-7-3-1-2-4-8-25-9-10-26-11-12-27-13-14-28-15-16-29-18(22)6-5-17(21)19(23)24/h1-16H2,(H,23,24). The number of esters is 1. The molecule has 1 N–H and O–H groups in total. The lowest BCUT2D eigenvalue weighted by atomic mass is 10.2. The van der Waals surface area contributed by atoms with E-state index in [-0.39, 0.29) is 26.1 Å². The molecule has 0 radical (unpaired) electrons. The second-order valence-electron chi connectivity index (χ2n) is 6.00. The number of Topliss-reactive ketones (excluding diaryl/α,β-unsaturated/α-hetero) is 1. The Bertz CT molecular complexity index is 432. The summed E-state index contributed by atoms with van der Waals surface area (Å²) in [6.07, 6.45) is 4.25. The zero-order valence-corrected chi connectivity index (χ0v) is 19.1. The van der Waals surface area contributed by atoms with Crippen molar-refractivity contribution >= 4 is 40.3 Å². The van der Waals surface area contributed by atoms with E-state index in [1.54, 1.807) is 0 Å². The van der Waals surface area contributed by atoms with Crippen molar-refractivity contribution in [2.24, 2.45) is 0 Å². The van der Waals surface area contributed by atoms with Crippen LogP contribution in [0.5, 0.6) is 0 Å². The SMILES string of the molecule is O=C(CCC(=O)C(=O)O)OCCOCCOCCOCCOCCCCCCI. The van der Waals surface area contributed by atoms with Crippen molar-refractivity contribution in [2.45, 2.75) is 38.5 Å². The highest BCUT2D eigenvalue weighted by Crippen LogP contribution is 2.02. The van der Waals surface area contributed by atoms with Gasteiger partial charge in [0.15, 0.2) is 0 Å². The highest BCUT2D eigenvalue weighted by Gasteiger charge is 2.14. The number of unbranched alkanes of at least 4 members (excludes halogenated alkanes) is 3.